The van der Waals surface area contributed by atoms with Gasteiger partial charge in [-0.05, 0) is 51.7 Å². The van der Waals surface area contributed by atoms with E-state index in [9.17, 15) is 4.79 Å². The summed E-state index contributed by atoms with van der Waals surface area (Å²) in [5.74, 6) is 0.728. The van der Waals surface area contributed by atoms with E-state index in [4.69, 9.17) is 10.5 Å². The first-order valence-corrected chi connectivity index (χ1v) is 7.01. The summed E-state index contributed by atoms with van der Waals surface area (Å²) in [6.07, 6.45) is 3.05. The summed E-state index contributed by atoms with van der Waals surface area (Å²) in [7, 11) is 0. The van der Waals surface area contributed by atoms with Gasteiger partial charge < -0.3 is 20.7 Å². The maximum atomic E-state index is 10.4. The zero-order chi connectivity index (χ0) is 13.4. The minimum Gasteiger partial charge on any atom is -0.448 e. The number of amides is 1. The molecule has 1 rings (SSSR count). The lowest BCUT2D eigenvalue weighted by molar-refractivity contribution is 0.145. The summed E-state index contributed by atoms with van der Waals surface area (Å²) < 4.78 is 4.70. The van der Waals surface area contributed by atoms with Gasteiger partial charge >= 0.3 is 6.09 Å². The Morgan fingerprint density at radius 2 is 2.17 bits per heavy atom. The first-order chi connectivity index (χ1) is 8.63. The number of nitrogens with two attached hydrogens (primary N) is 1. The average Bonchev–Trinajstić information content (AvgIpc) is 2.35. The molecule has 0 aromatic carbocycles. The Balaban J connectivity index is 2.11. The molecular formula is C13H27N3O2. The standard InChI is InChI=1S/C13H27N3O2/c1-3-7-16-8-4-12(5-9-16)11(2)15-6-10-18-13(14)17/h11-12,15H,3-10H2,1-2H3,(H2,14,17). The van der Waals surface area contributed by atoms with Crippen molar-refractivity contribution in [2.75, 3.05) is 32.8 Å². The zero-order valence-corrected chi connectivity index (χ0v) is 11.7. The predicted octanol–water partition coefficient (Wildman–Crippen LogP) is 1.18. The van der Waals surface area contributed by atoms with Crippen LogP contribution in [0.25, 0.3) is 0 Å². The number of nitrogens with one attached hydrogen (secondary N) is 1. The summed E-state index contributed by atoms with van der Waals surface area (Å²) in [4.78, 5) is 13.0. The number of rotatable bonds is 7. The predicted molar refractivity (Wildman–Crippen MR) is 72.5 cm³/mol. The lowest BCUT2D eigenvalue weighted by Gasteiger charge is -2.35. The van der Waals surface area contributed by atoms with Gasteiger partial charge in [0.15, 0.2) is 0 Å². The largest absolute Gasteiger partial charge is 0.448 e. The van der Waals surface area contributed by atoms with E-state index < -0.39 is 6.09 Å². The van der Waals surface area contributed by atoms with Crippen LogP contribution in [0.2, 0.25) is 0 Å². The molecule has 0 aromatic rings. The number of piperidine rings is 1. The quantitative estimate of drug-likeness (QED) is 0.672. The summed E-state index contributed by atoms with van der Waals surface area (Å²) in [5, 5.41) is 3.40. The highest BCUT2D eigenvalue weighted by Crippen LogP contribution is 2.20. The monoisotopic (exact) mass is 257 g/mol. The number of nitrogens with zero attached hydrogens (tertiary/aromatic N) is 1. The van der Waals surface area contributed by atoms with E-state index >= 15 is 0 Å². The molecule has 0 radical (unpaired) electrons. The zero-order valence-electron chi connectivity index (χ0n) is 11.7. The van der Waals surface area contributed by atoms with Crippen LogP contribution in [0.15, 0.2) is 0 Å². The van der Waals surface area contributed by atoms with Gasteiger partial charge in [-0.25, -0.2) is 4.79 Å². The second kappa shape index (κ2) is 8.32. The first-order valence-electron chi connectivity index (χ1n) is 7.01. The molecule has 106 valence electrons. The van der Waals surface area contributed by atoms with Crippen molar-refractivity contribution in [2.24, 2.45) is 11.7 Å². The number of hydrogen-bond donors (Lipinski definition) is 2. The fourth-order valence-electron chi connectivity index (χ4n) is 2.60. The van der Waals surface area contributed by atoms with Crippen LogP contribution >= 0.6 is 0 Å². The highest BCUT2D eigenvalue weighted by atomic mass is 16.5. The van der Waals surface area contributed by atoms with Crippen LogP contribution in [0.3, 0.4) is 0 Å². The van der Waals surface area contributed by atoms with Crippen LogP contribution < -0.4 is 11.1 Å². The summed E-state index contributed by atoms with van der Waals surface area (Å²) in [6, 6.07) is 0.477. The van der Waals surface area contributed by atoms with Crippen molar-refractivity contribution in [2.45, 2.75) is 39.2 Å². The Morgan fingerprint density at radius 3 is 2.72 bits per heavy atom. The van der Waals surface area contributed by atoms with Gasteiger partial charge in [-0.15, -0.1) is 0 Å². The number of carbonyl (C=O) groups excluding carboxylic acids is 1. The van der Waals surface area contributed by atoms with Gasteiger partial charge in [-0.3, -0.25) is 0 Å². The van der Waals surface area contributed by atoms with Crippen LogP contribution in [0.4, 0.5) is 4.79 Å². The normalized spacial score (nSPS) is 19.7. The van der Waals surface area contributed by atoms with E-state index in [1.165, 1.54) is 38.9 Å². The van der Waals surface area contributed by atoms with Crippen molar-refractivity contribution in [1.29, 1.82) is 0 Å². The summed E-state index contributed by atoms with van der Waals surface area (Å²) >= 11 is 0. The first kappa shape index (κ1) is 15.2. The van der Waals surface area contributed by atoms with Crippen LogP contribution in [0.5, 0.6) is 0 Å². The molecule has 3 N–H and O–H groups in total. The fraction of sp³-hybridized carbons (Fsp3) is 0.923. The van der Waals surface area contributed by atoms with Gasteiger partial charge in [0.25, 0.3) is 0 Å². The van der Waals surface area contributed by atoms with E-state index in [1.54, 1.807) is 0 Å². The molecule has 1 atom stereocenters. The average molecular weight is 257 g/mol. The molecule has 1 heterocycles. The highest BCUT2D eigenvalue weighted by molar-refractivity contribution is 5.64. The van der Waals surface area contributed by atoms with Crippen LogP contribution in [-0.4, -0.2) is 49.8 Å². The molecule has 0 spiro atoms. The molecular weight excluding hydrogens is 230 g/mol. The van der Waals surface area contributed by atoms with Gasteiger partial charge in [0.2, 0.25) is 0 Å². The molecule has 0 bridgehead atoms. The van der Waals surface area contributed by atoms with Crippen LogP contribution in [-0.2, 0) is 4.74 Å². The molecule has 1 fully saturated rings. The smallest absolute Gasteiger partial charge is 0.404 e. The molecule has 5 nitrogen and oxygen atoms in total. The van der Waals surface area contributed by atoms with Gasteiger partial charge in [0.05, 0.1) is 0 Å². The number of carbonyl (C=O) groups is 1. The molecule has 1 aliphatic rings. The fourth-order valence-corrected chi connectivity index (χ4v) is 2.60. The van der Waals surface area contributed by atoms with E-state index in [2.05, 4.69) is 24.1 Å². The van der Waals surface area contributed by atoms with Crippen molar-refractivity contribution >= 4 is 6.09 Å². The second-order valence-corrected chi connectivity index (χ2v) is 5.09. The molecule has 18 heavy (non-hydrogen) atoms. The molecule has 1 aliphatic heterocycles. The van der Waals surface area contributed by atoms with E-state index in [-0.39, 0.29) is 0 Å². The third kappa shape index (κ3) is 5.69. The highest BCUT2D eigenvalue weighted by Gasteiger charge is 2.22. The van der Waals surface area contributed by atoms with Crippen LogP contribution in [0.1, 0.15) is 33.1 Å². The molecule has 5 heteroatoms. The van der Waals surface area contributed by atoms with Gasteiger partial charge in [-0.1, -0.05) is 6.92 Å². The van der Waals surface area contributed by atoms with Gasteiger partial charge in [-0.2, -0.15) is 0 Å². The van der Waals surface area contributed by atoms with E-state index in [0.717, 1.165) is 5.92 Å². The molecule has 0 saturated carbocycles. The molecule has 0 aliphatic carbocycles. The minimum atomic E-state index is -0.697. The van der Waals surface area contributed by atoms with Crippen molar-refractivity contribution in [1.82, 2.24) is 10.2 Å². The molecule has 1 saturated heterocycles. The lowest BCUT2D eigenvalue weighted by Crippen LogP contribution is -2.43. The van der Waals surface area contributed by atoms with Crippen molar-refractivity contribution in [3.05, 3.63) is 0 Å². The van der Waals surface area contributed by atoms with E-state index in [0.29, 0.717) is 19.2 Å². The second-order valence-electron chi connectivity index (χ2n) is 5.09. The SMILES string of the molecule is CCCN1CCC(C(C)NCCOC(N)=O)CC1. The molecule has 1 unspecified atom stereocenters. The Labute approximate surface area is 110 Å². The van der Waals surface area contributed by atoms with Crippen molar-refractivity contribution in [3.63, 3.8) is 0 Å². The molecule has 1 amide bonds. The van der Waals surface area contributed by atoms with E-state index in [1.807, 2.05) is 0 Å². The topological polar surface area (TPSA) is 67.6 Å². The van der Waals surface area contributed by atoms with Gasteiger partial charge in [0, 0.05) is 12.6 Å². The Morgan fingerprint density at radius 1 is 1.50 bits per heavy atom. The summed E-state index contributed by atoms with van der Waals surface area (Å²) in [5.41, 5.74) is 4.90. The Hall–Kier alpha value is -0.810. The number of likely N-dealkylation sites (tertiary alicyclic amines) is 1. The van der Waals surface area contributed by atoms with Crippen molar-refractivity contribution < 1.29 is 9.53 Å². The third-order valence-electron chi connectivity index (χ3n) is 3.69. The molecule has 0 aromatic heterocycles. The number of primary amides is 1. The lowest BCUT2D eigenvalue weighted by atomic mass is 9.90. The Bertz CT molecular complexity index is 240. The van der Waals surface area contributed by atoms with Gasteiger partial charge in [0.1, 0.15) is 6.61 Å². The maximum absolute atomic E-state index is 10.4. The maximum Gasteiger partial charge on any atom is 0.404 e. The summed E-state index contributed by atoms with van der Waals surface area (Å²) in [6.45, 7) is 9.12. The Kier molecular flexibility index (Phi) is 7.05. The number of hydrogen-bond acceptors (Lipinski definition) is 4. The number of ether oxygens (including phenoxy) is 1. The minimum absolute atomic E-state index is 0.356. The van der Waals surface area contributed by atoms with Crippen LogP contribution in [0, 0.1) is 5.92 Å². The third-order valence-corrected chi connectivity index (χ3v) is 3.69. The van der Waals surface area contributed by atoms with Crippen molar-refractivity contribution in [3.8, 4) is 0 Å².